The van der Waals surface area contributed by atoms with E-state index in [4.69, 9.17) is 0 Å². The van der Waals surface area contributed by atoms with Crippen LogP contribution in [0.25, 0.3) is 5.82 Å². The molecule has 0 saturated carbocycles. The first kappa shape index (κ1) is 13.4. The van der Waals surface area contributed by atoms with Crippen LogP contribution in [0.5, 0.6) is 5.88 Å². The van der Waals surface area contributed by atoms with Crippen molar-refractivity contribution in [2.24, 2.45) is 0 Å². The first-order valence-corrected chi connectivity index (χ1v) is 7.06. The molecule has 2 heterocycles. The number of pyridine rings is 1. The summed E-state index contributed by atoms with van der Waals surface area (Å²) in [6, 6.07) is 16.0. The van der Waals surface area contributed by atoms with Crippen LogP contribution in [0.3, 0.4) is 0 Å². The van der Waals surface area contributed by atoms with Crippen LogP contribution >= 0.6 is 0 Å². The Hall–Kier alpha value is -2.62. The number of benzene rings is 1. The van der Waals surface area contributed by atoms with E-state index in [0.717, 1.165) is 24.8 Å². The number of aromatic nitrogens is 3. The van der Waals surface area contributed by atoms with Crippen LogP contribution in [0, 0.1) is 0 Å². The molecule has 21 heavy (non-hydrogen) atoms. The smallest absolute Gasteiger partial charge is 0.234 e. The first-order chi connectivity index (χ1) is 10.3. The highest BCUT2D eigenvalue weighted by Gasteiger charge is 2.09. The summed E-state index contributed by atoms with van der Waals surface area (Å²) < 4.78 is 1.62. The summed E-state index contributed by atoms with van der Waals surface area (Å²) in [4.78, 5) is 4.22. The Bertz CT molecular complexity index is 693. The lowest BCUT2D eigenvalue weighted by Crippen LogP contribution is -1.96. The van der Waals surface area contributed by atoms with E-state index >= 15 is 0 Å². The van der Waals surface area contributed by atoms with E-state index < -0.39 is 0 Å². The maximum Gasteiger partial charge on any atom is 0.234 e. The minimum absolute atomic E-state index is 0.0914. The van der Waals surface area contributed by atoms with Crippen LogP contribution in [0.2, 0.25) is 0 Å². The van der Waals surface area contributed by atoms with E-state index in [-0.39, 0.29) is 5.88 Å². The Balaban J connectivity index is 1.65. The highest BCUT2D eigenvalue weighted by atomic mass is 16.3. The van der Waals surface area contributed by atoms with Crippen molar-refractivity contribution in [1.82, 2.24) is 14.8 Å². The molecule has 0 saturated heterocycles. The lowest BCUT2D eigenvalue weighted by Gasteiger charge is -2.00. The van der Waals surface area contributed by atoms with Gasteiger partial charge in [-0.05, 0) is 37.0 Å². The number of rotatable bonds is 5. The van der Waals surface area contributed by atoms with E-state index in [2.05, 4.69) is 22.2 Å². The van der Waals surface area contributed by atoms with Crippen LogP contribution < -0.4 is 0 Å². The first-order valence-electron chi connectivity index (χ1n) is 7.06. The lowest BCUT2D eigenvalue weighted by atomic mass is 10.1. The van der Waals surface area contributed by atoms with Gasteiger partial charge >= 0.3 is 0 Å². The molecule has 2 aromatic heterocycles. The second kappa shape index (κ2) is 6.22. The minimum Gasteiger partial charge on any atom is -0.492 e. The van der Waals surface area contributed by atoms with Gasteiger partial charge in [0.05, 0.1) is 0 Å². The molecule has 0 aliphatic rings. The fraction of sp³-hybridized carbons (Fsp3) is 0.176. The van der Waals surface area contributed by atoms with Crippen molar-refractivity contribution in [2.45, 2.75) is 19.3 Å². The van der Waals surface area contributed by atoms with Crippen molar-refractivity contribution in [1.29, 1.82) is 0 Å². The van der Waals surface area contributed by atoms with E-state index in [1.54, 1.807) is 10.9 Å². The van der Waals surface area contributed by atoms with Gasteiger partial charge in [0, 0.05) is 18.0 Å². The van der Waals surface area contributed by atoms with E-state index in [0.29, 0.717) is 5.82 Å². The Morgan fingerprint density at radius 2 is 1.76 bits per heavy atom. The topological polar surface area (TPSA) is 50.9 Å². The van der Waals surface area contributed by atoms with Crippen molar-refractivity contribution in [3.63, 3.8) is 0 Å². The molecule has 0 amide bonds. The minimum atomic E-state index is 0.0914. The Morgan fingerprint density at radius 1 is 0.952 bits per heavy atom. The van der Waals surface area contributed by atoms with Crippen LogP contribution in [0.15, 0.2) is 60.9 Å². The van der Waals surface area contributed by atoms with Gasteiger partial charge < -0.3 is 5.11 Å². The van der Waals surface area contributed by atoms with Crippen LogP contribution in [-0.4, -0.2) is 19.9 Å². The summed E-state index contributed by atoms with van der Waals surface area (Å²) in [7, 11) is 0. The molecule has 0 aliphatic carbocycles. The monoisotopic (exact) mass is 279 g/mol. The van der Waals surface area contributed by atoms with Gasteiger partial charge in [0.15, 0.2) is 5.82 Å². The summed E-state index contributed by atoms with van der Waals surface area (Å²) >= 11 is 0. The molecule has 1 N–H and O–H groups in total. The van der Waals surface area contributed by atoms with Crippen LogP contribution in [0.1, 0.15) is 17.5 Å². The van der Waals surface area contributed by atoms with Crippen LogP contribution in [0.4, 0.5) is 0 Å². The van der Waals surface area contributed by atoms with Gasteiger partial charge in [0.1, 0.15) is 0 Å². The van der Waals surface area contributed by atoms with E-state index in [1.165, 1.54) is 5.56 Å². The molecule has 0 fully saturated rings. The number of hydrogen-bond donors (Lipinski definition) is 1. The molecule has 0 spiro atoms. The lowest BCUT2D eigenvalue weighted by molar-refractivity contribution is 0.441. The number of hydrogen-bond acceptors (Lipinski definition) is 3. The molecule has 0 atom stereocenters. The summed E-state index contributed by atoms with van der Waals surface area (Å²) in [5.74, 6) is 0.802. The van der Waals surface area contributed by atoms with Gasteiger partial charge in [-0.1, -0.05) is 36.4 Å². The molecule has 0 unspecified atom stereocenters. The normalized spacial score (nSPS) is 10.7. The van der Waals surface area contributed by atoms with Crippen molar-refractivity contribution in [3.05, 3.63) is 72.1 Å². The van der Waals surface area contributed by atoms with E-state index in [9.17, 15) is 5.11 Å². The highest BCUT2D eigenvalue weighted by Crippen LogP contribution is 2.19. The fourth-order valence-electron chi connectivity index (χ4n) is 2.31. The quantitative estimate of drug-likeness (QED) is 0.780. The molecule has 0 bridgehead atoms. The second-order valence-corrected chi connectivity index (χ2v) is 4.95. The zero-order valence-corrected chi connectivity index (χ0v) is 11.7. The molecule has 4 heteroatoms. The molecule has 4 nitrogen and oxygen atoms in total. The zero-order valence-electron chi connectivity index (χ0n) is 11.7. The number of aromatic hydroxyl groups is 1. The predicted molar refractivity (Wildman–Crippen MR) is 81.5 cm³/mol. The van der Waals surface area contributed by atoms with Gasteiger partial charge in [0.2, 0.25) is 5.88 Å². The Kier molecular flexibility index (Phi) is 3.96. The Morgan fingerprint density at radius 3 is 2.52 bits per heavy atom. The maximum absolute atomic E-state index is 9.93. The van der Waals surface area contributed by atoms with Crippen molar-refractivity contribution in [2.75, 3.05) is 0 Å². The van der Waals surface area contributed by atoms with Crippen LogP contribution in [-0.2, 0) is 12.8 Å². The van der Waals surface area contributed by atoms with E-state index in [1.807, 2.05) is 42.6 Å². The standard InChI is InChI=1S/C17H17N3O/c21-17-15(10-6-9-14-7-2-1-3-8-14)13-20(19-17)16-11-4-5-12-18-16/h1-5,7-8,11-13H,6,9-10H2,(H,19,21). The average Bonchev–Trinajstić information content (AvgIpc) is 2.91. The van der Waals surface area contributed by atoms with Crippen molar-refractivity contribution in [3.8, 4) is 11.7 Å². The number of aryl methyl sites for hydroxylation is 2. The third-order valence-electron chi connectivity index (χ3n) is 3.41. The Labute approximate surface area is 123 Å². The fourth-order valence-corrected chi connectivity index (χ4v) is 2.31. The summed E-state index contributed by atoms with van der Waals surface area (Å²) in [6.45, 7) is 0. The third-order valence-corrected chi connectivity index (χ3v) is 3.41. The summed E-state index contributed by atoms with van der Waals surface area (Å²) in [5.41, 5.74) is 2.17. The predicted octanol–water partition coefficient (Wildman–Crippen LogP) is 3.15. The molecular weight excluding hydrogens is 262 g/mol. The molecule has 1 aromatic carbocycles. The molecular formula is C17H17N3O. The zero-order chi connectivity index (χ0) is 14.5. The molecule has 106 valence electrons. The largest absolute Gasteiger partial charge is 0.492 e. The molecule has 3 rings (SSSR count). The second-order valence-electron chi connectivity index (χ2n) is 4.95. The van der Waals surface area contributed by atoms with Gasteiger partial charge in [-0.25, -0.2) is 9.67 Å². The summed E-state index contributed by atoms with van der Waals surface area (Å²) in [5, 5.41) is 14.0. The van der Waals surface area contributed by atoms with Gasteiger partial charge in [-0.15, -0.1) is 5.10 Å². The molecule has 3 aromatic rings. The summed E-state index contributed by atoms with van der Waals surface area (Å²) in [6.07, 6.45) is 6.33. The third kappa shape index (κ3) is 3.28. The number of nitrogens with zero attached hydrogens (tertiary/aromatic N) is 3. The maximum atomic E-state index is 9.93. The molecule has 0 aliphatic heterocycles. The van der Waals surface area contributed by atoms with Crippen molar-refractivity contribution < 1.29 is 5.11 Å². The van der Waals surface area contributed by atoms with Gasteiger partial charge in [0.25, 0.3) is 0 Å². The van der Waals surface area contributed by atoms with Crippen molar-refractivity contribution >= 4 is 0 Å². The highest BCUT2D eigenvalue weighted by molar-refractivity contribution is 5.29. The van der Waals surface area contributed by atoms with Gasteiger partial charge in [-0.3, -0.25) is 0 Å². The SMILES string of the molecule is Oc1nn(-c2ccccn2)cc1CCCc1ccccc1. The average molecular weight is 279 g/mol. The van der Waals surface area contributed by atoms with Gasteiger partial charge in [-0.2, -0.15) is 0 Å². The molecule has 0 radical (unpaired) electrons.